The highest BCUT2D eigenvalue weighted by Crippen LogP contribution is 2.25. The summed E-state index contributed by atoms with van der Waals surface area (Å²) >= 11 is 0. The van der Waals surface area contributed by atoms with Gasteiger partial charge in [0.05, 0.1) is 23.1 Å². The van der Waals surface area contributed by atoms with Crippen LogP contribution in [0.5, 0.6) is 0 Å². The lowest BCUT2D eigenvalue weighted by atomic mass is 10.1. The van der Waals surface area contributed by atoms with Crippen LogP contribution in [0.15, 0.2) is 65.3 Å². The number of carbonyl (C=O) groups excluding carboxylic acids is 3. The molecule has 4 rings (SSSR count). The lowest BCUT2D eigenvalue weighted by Gasteiger charge is -2.23. The Hall–Kier alpha value is -3.81. The Morgan fingerprint density at radius 1 is 0.935 bits per heavy atom. The predicted molar refractivity (Wildman–Crippen MR) is 108 cm³/mol. The number of benzene rings is 2. The Morgan fingerprint density at radius 2 is 1.65 bits per heavy atom. The number of carbonyl (C=O) groups is 3. The molecule has 0 atom stereocenters. The number of nitrogens with zero attached hydrogens (tertiary/aromatic N) is 2. The number of unbranched alkanes of at least 4 members (excludes halogenated alkanes) is 1. The number of fused-ring (bicyclic) bond motifs is 1. The van der Waals surface area contributed by atoms with Gasteiger partial charge in [-0.1, -0.05) is 12.1 Å². The van der Waals surface area contributed by atoms with E-state index in [4.69, 9.17) is 4.42 Å². The van der Waals surface area contributed by atoms with Gasteiger partial charge in [0.15, 0.2) is 5.76 Å². The molecule has 158 valence electrons. The number of hydrogen-bond donors (Lipinski definition) is 0. The number of hydrogen-bond acceptors (Lipinski definition) is 4. The van der Waals surface area contributed by atoms with E-state index in [-0.39, 0.29) is 36.4 Å². The summed E-state index contributed by atoms with van der Waals surface area (Å²) in [4.78, 5) is 40.0. The number of furan rings is 1. The Kier molecular flexibility index (Phi) is 5.62. The van der Waals surface area contributed by atoms with Crippen LogP contribution in [-0.2, 0) is 0 Å². The summed E-state index contributed by atoms with van der Waals surface area (Å²) in [5.41, 5.74) is 0.662. The molecule has 3 aromatic rings. The molecular formula is C23H18F2N2O4. The van der Waals surface area contributed by atoms with E-state index in [9.17, 15) is 23.2 Å². The summed E-state index contributed by atoms with van der Waals surface area (Å²) in [7, 11) is 0. The number of halogens is 2. The van der Waals surface area contributed by atoms with Gasteiger partial charge in [0.1, 0.15) is 11.6 Å². The second-order valence-corrected chi connectivity index (χ2v) is 7.04. The van der Waals surface area contributed by atoms with Gasteiger partial charge in [0.2, 0.25) is 0 Å². The second-order valence-electron chi connectivity index (χ2n) is 7.04. The minimum Gasteiger partial charge on any atom is -0.459 e. The third-order valence-corrected chi connectivity index (χ3v) is 5.07. The highest BCUT2D eigenvalue weighted by atomic mass is 19.1. The lowest BCUT2D eigenvalue weighted by molar-refractivity contribution is 0.0651. The molecule has 1 aliphatic heterocycles. The number of anilines is 1. The van der Waals surface area contributed by atoms with Crippen molar-refractivity contribution in [2.75, 3.05) is 18.0 Å². The summed E-state index contributed by atoms with van der Waals surface area (Å²) in [6.45, 7) is 0.256. The first-order chi connectivity index (χ1) is 15.0. The average molecular weight is 424 g/mol. The summed E-state index contributed by atoms with van der Waals surface area (Å²) in [6.07, 6.45) is 2.10. The molecule has 0 radical (unpaired) electrons. The maximum absolute atomic E-state index is 14.3. The minimum atomic E-state index is -0.875. The van der Waals surface area contributed by atoms with Crippen molar-refractivity contribution in [3.63, 3.8) is 0 Å². The average Bonchev–Trinajstić information content (AvgIpc) is 3.38. The van der Waals surface area contributed by atoms with Crippen molar-refractivity contribution in [3.05, 3.63) is 89.4 Å². The van der Waals surface area contributed by atoms with E-state index in [2.05, 4.69) is 0 Å². The zero-order valence-electron chi connectivity index (χ0n) is 16.4. The zero-order valence-corrected chi connectivity index (χ0v) is 16.4. The van der Waals surface area contributed by atoms with E-state index in [0.717, 1.165) is 11.0 Å². The van der Waals surface area contributed by atoms with E-state index >= 15 is 0 Å². The highest BCUT2D eigenvalue weighted by Gasteiger charge is 2.34. The van der Waals surface area contributed by atoms with Gasteiger partial charge in [-0.05, 0) is 49.2 Å². The lowest BCUT2D eigenvalue weighted by Crippen LogP contribution is -2.34. The third kappa shape index (κ3) is 3.96. The van der Waals surface area contributed by atoms with Gasteiger partial charge in [-0.3, -0.25) is 19.3 Å². The van der Waals surface area contributed by atoms with Crippen LogP contribution < -0.4 is 4.90 Å². The molecule has 2 aromatic carbocycles. The summed E-state index contributed by atoms with van der Waals surface area (Å²) in [5, 5.41) is 0. The summed E-state index contributed by atoms with van der Waals surface area (Å²) in [5.74, 6) is -2.89. The third-order valence-electron chi connectivity index (χ3n) is 5.07. The highest BCUT2D eigenvalue weighted by molar-refractivity contribution is 6.21. The fraction of sp³-hybridized carbons (Fsp3) is 0.174. The van der Waals surface area contributed by atoms with Crippen molar-refractivity contribution in [1.29, 1.82) is 0 Å². The molecule has 0 unspecified atom stereocenters. The summed E-state index contributed by atoms with van der Waals surface area (Å²) in [6, 6.07) is 12.6. The quantitative estimate of drug-likeness (QED) is 0.419. The van der Waals surface area contributed by atoms with Gasteiger partial charge in [0.25, 0.3) is 17.7 Å². The van der Waals surface area contributed by atoms with Gasteiger partial charge in [-0.2, -0.15) is 0 Å². The van der Waals surface area contributed by atoms with Crippen LogP contribution in [0.1, 0.15) is 44.1 Å². The molecule has 6 nitrogen and oxygen atoms in total. The molecule has 0 fully saturated rings. The van der Waals surface area contributed by atoms with E-state index in [1.807, 2.05) is 0 Å². The van der Waals surface area contributed by atoms with Gasteiger partial charge in [-0.25, -0.2) is 8.78 Å². The first-order valence-corrected chi connectivity index (χ1v) is 9.73. The normalized spacial score (nSPS) is 12.9. The fourth-order valence-electron chi connectivity index (χ4n) is 3.55. The summed E-state index contributed by atoms with van der Waals surface area (Å²) < 4.78 is 32.8. The van der Waals surface area contributed by atoms with Crippen molar-refractivity contribution in [3.8, 4) is 0 Å². The van der Waals surface area contributed by atoms with E-state index in [1.165, 1.54) is 29.4 Å². The van der Waals surface area contributed by atoms with Gasteiger partial charge >= 0.3 is 0 Å². The Labute approximate surface area is 176 Å². The van der Waals surface area contributed by atoms with Crippen LogP contribution in [0.4, 0.5) is 14.5 Å². The maximum atomic E-state index is 14.3. The fourth-order valence-corrected chi connectivity index (χ4v) is 3.55. The van der Waals surface area contributed by atoms with E-state index in [0.29, 0.717) is 30.0 Å². The van der Waals surface area contributed by atoms with Crippen molar-refractivity contribution in [2.24, 2.45) is 0 Å². The Balaban J connectivity index is 1.44. The molecule has 0 saturated carbocycles. The number of rotatable bonds is 7. The van der Waals surface area contributed by atoms with Crippen molar-refractivity contribution in [1.82, 2.24) is 4.90 Å². The first-order valence-electron chi connectivity index (χ1n) is 9.73. The monoisotopic (exact) mass is 424 g/mol. The molecule has 0 bridgehead atoms. The molecule has 0 spiro atoms. The number of amides is 3. The smallest absolute Gasteiger partial charge is 0.294 e. The van der Waals surface area contributed by atoms with Gasteiger partial charge in [0, 0.05) is 19.2 Å². The Bertz CT molecular complexity index is 1110. The van der Waals surface area contributed by atoms with Gasteiger partial charge < -0.3 is 9.32 Å². The van der Waals surface area contributed by atoms with Gasteiger partial charge in [-0.15, -0.1) is 0 Å². The van der Waals surface area contributed by atoms with E-state index < -0.39 is 17.5 Å². The molecule has 1 aromatic heterocycles. The van der Waals surface area contributed by atoms with Crippen LogP contribution >= 0.6 is 0 Å². The SMILES string of the molecule is O=C1c2ccccc2C(=O)N1CCCCN(C(=O)c1ccco1)c1ccc(F)cc1F. The molecule has 0 N–H and O–H groups in total. The molecule has 1 aliphatic rings. The Morgan fingerprint density at radius 3 is 2.26 bits per heavy atom. The topological polar surface area (TPSA) is 70.8 Å². The minimum absolute atomic E-state index is 0.0177. The predicted octanol–water partition coefficient (Wildman–Crippen LogP) is 4.28. The zero-order chi connectivity index (χ0) is 22.0. The largest absolute Gasteiger partial charge is 0.459 e. The molecule has 31 heavy (non-hydrogen) atoms. The molecule has 0 saturated heterocycles. The van der Waals surface area contributed by atoms with Crippen LogP contribution in [-0.4, -0.2) is 35.7 Å². The second kappa shape index (κ2) is 8.51. The van der Waals surface area contributed by atoms with Crippen LogP contribution in [0.2, 0.25) is 0 Å². The van der Waals surface area contributed by atoms with Crippen LogP contribution in [0, 0.1) is 11.6 Å². The molecule has 3 amide bonds. The van der Waals surface area contributed by atoms with Crippen LogP contribution in [0.3, 0.4) is 0 Å². The molecule has 8 heteroatoms. The van der Waals surface area contributed by atoms with E-state index in [1.54, 1.807) is 24.3 Å². The van der Waals surface area contributed by atoms with Crippen molar-refractivity contribution < 1.29 is 27.6 Å². The molecular weight excluding hydrogens is 406 g/mol. The van der Waals surface area contributed by atoms with Crippen molar-refractivity contribution in [2.45, 2.75) is 12.8 Å². The first kappa shape index (κ1) is 20.5. The van der Waals surface area contributed by atoms with Crippen LogP contribution in [0.25, 0.3) is 0 Å². The maximum Gasteiger partial charge on any atom is 0.294 e. The number of imide groups is 1. The molecule has 2 heterocycles. The van der Waals surface area contributed by atoms with Crippen molar-refractivity contribution >= 4 is 23.4 Å². The standard InChI is InChI=1S/C23H18F2N2O4/c24-15-9-10-19(18(25)14-15)26(23(30)20-8-5-13-31-20)11-3-4-12-27-21(28)16-6-1-2-7-17(16)22(27)29/h1-2,5-10,13-14H,3-4,11-12H2. The molecule has 0 aliphatic carbocycles.